The van der Waals surface area contributed by atoms with Gasteiger partial charge in [0, 0.05) is 30.4 Å². The maximum absolute atomic E-state index is 13.9. The quantitative estimate of drug-likeness (QED) is 0.591. The molecule has 4 heteroatoms. The maximum atomic E-state index is 13.9. The molecule has 3 nitrogen and oxygen atoms in total. The summed E-state index contributed by atoms with van der Waals surface area (Å²) in [6.45, 7) is 0. The van der Waals surface area contributed by atoms with Crippen molar-refractivity contribution >= 4 is 11.5 Å². The van der Waals surface area contributed by atoms with Crippen molar-refractivity contribution in [3.63, 3.8) is 0 Å². The van der Waals surface area contributed by atoms with E-state index in [9.17, 15) is 9.18 Å². The van der Waals surface area contributed by atoms with Crippen molar-refractivity contribution in [3.05, 3.63) is 89.0 Å². The molecule has 2 aromatic carbocycles. The van der Waals surface area contributed by atoms with Gasteiger partial charge < -0.3 is 10.3 Å². The van der Waals surface area contributed by atoms with Crippen LogP contribution in [0.1, 0.15) is 27.3 Å². The first-order valence-corrected chi connectivity index (χ1v) is 7.34. The number of ketones is 1. The van der Waals surface area contributed by atoms with Gasteiger partial charge in [0.05, 0.1) is 5.69 Å². The Morgan fingerprint density at radius 1 is 1.09 bits per heavy atom. The molecule has 1 aromatic heterocycles. The van der Waals surface area contributed by atoms with Crippen LogP contribution in [0, 0.1) is 5.82 Å². The van der Waals surface area contributed by atoms with E-state index in [2.05, 4.69) is 0 Å². The molecular formula is C19H17FN2O. The zero-order chi connectivity index (χ0) is 16.4. The van der Waals surface area contributed by atoms with E-state index < -0.39 is 0 Å². The molecule has 0 atom stereocenters. The second kappa shape index (κ2) is 6.08. The number of nitrogens with two attached hydrogens (primary N) is 1. The Morgan fingerprint density at radius 2 is 1.83 bits per heavy atom. The number of rotatable bonds is 4. The predicted octanol–water partition coefficient (Wildman–Crippen LogP) is 3.57. The zero-order valence-corrected chi connectivity index (χ0v) is 12.8. The van der Waals surface area contributed by atoms with Gasteiger partial charge in [-0.1, -0.05) is 36.4 Å². The number of benzene rings is 2. The number of nitrogen functional groups attached to an aromatic ring is 1. The number of hydrogen-bond donors (Lipinski definition) is 1. The van der Waals surface area contributed by atoms with Crippen molar-refractivity contribution < 1.29 is 9.18 Å². The van der Waals surface area contributed by atoms with E-state index in [1.54, 1.807) is 30.3 Å². The summed E-state index contributed by atoms with van der Waals surface area (Å²) in [7, 11) is 1.82. The highest BCUT2D eigenvalue weighted by molar-refractivity contribution is 6.08. The average molecular weight is 308 g/mol. The summed E-state index contributed by atoms with van der Waals surface area (Å²) in [5, 5.41) is 0. The molecule has 0 fully saturated rings. The fourth-order valence-electron chi connectivity index (χ4n) is 2.60. The molecule has 0 saturated carbocycles. The minimum absolute atomic E-state index is 0.0443. The first-order chi connectivity index (χ1) is 11.1. The molecule has 0 spiro atoms. The van der Waals surface area contributed by atoms with Gasteiger partial charge in [0.1, 0.15) is 5.82 Å². The highest BCUT2D eigenvalue weighted by Gasteiger charge is 2.15. The Labute approximate surface area is 134 Å². The molecule has 0 aliphatic heterocycles. The Morgan fingerprint density at radius 3 is 2.52 bits per heavy atom. The lowest BCUT2D eigenvalue weighted by molar-refractivity contribution is 0.103. The summed E-state index contributed by atoms with van der Waals surface area (Å²) in [6, 6.07) is 17.4. The monoisotopic (exact) mass is 308 g/mol. The van der Waals surface area contributed by atoms with Crippen LogP contribution in [0.4, 0.5) is 10.1 Å². The van der Waals surface area contributed by atoms with Crippen molar-refractivity contribution in [2.45, 2.75) is 6.42 Å². The highest BCUT2D eigenvalue weighted by Crippen LogP contribution is 2.19. The molecule has 2 N–H and O–H groups in total. The number of halogens is 1. The maximum Gasteiger partial charge on any atom is 0.209 e. The number of hydrogen-bond acceptors (Lipinski definition) is 2. The molecule has 116 valence electrons. The van der Waals surface area contributed by atoms with Crippen LogP contribution in [0.25, 0.3) is 0 Å². The van der Waals surface area contributed by atoms with Crippen molar-refractivity contribution in [1.29, 1.82) is 0 Å². The summed E-state index contributed by atoms with van der Waals surface area (Å²) in [5.41, 5.74) is 8.62. The fraction of sp³-hybridized carbons (Fsp3) is 0.105. The number of carbonyl (C=O) groups is 1. The molecule has 0 unspecified atom stereocenters. The second-order valence-corrected chi connectivity index (χ2v) is 5.49. The van der Waals surface area contributed by atoms with Crippen molar-refractivity contribution in [2.24, 2.45) is 7.05 Å². The largest absolute Gasteiger partial charge is 0.399 e. The predicted molar refractivity (Wildman–Crippen MR) is 88.9 cm³/mol. The lowest BCUT2D eigenvalue weighted by Gasteiger charge is -2.08. The van der Waals surface area contributed by atoms with Gasteiger partial charge in [-0.15, -0.1) is 0 Å². The van der Waals surface area contributed by atoms with Crippen LogP contribution < -0.4 is 5.73 Å². The molecule has 0 bridgehead atoms. The van der Waals surface area contributed by atoms with Crippen LogP contribution in [0.15, 0.2) is 60.7 Å². The van der Waals surface area contributed by atoms with Crippen LogP contribution in [0.2, 0.25) is 0 Å². The number of carbonyl (C=O) groups excluding carboxylic acids is 1. The van der Waals surface area contributed by atoms with Gasteiger partial charge in [-0.25, -0.2) is 4.39 Å². The minimum atomic E-state index is -0.331. The molecule has 3 aromatic rings. The van der Waals surface area contributed by atoms with Crippen LogP contribution in [0.5, 0.6) is 0 Å². The fourth-order valence-corrected chi connectivity index (χ4v) is 2.60. The van der Waals surface area contributed by atoms with E-state index in [-0.39, 0.29) is 11.6 Å². The van der Waals surface area contributed by atoms with Gasteiger partial charge in [-0.05, 0) is 29.8 Å². The van der Waals surface area contributed by atoms with Gasteiger partial charge in [0.25, 0.3) is 0 Å². The van der Waals surface area contributed by atoms with Crippen LogP contribution in [-0.4, -0.2) is 10.4 Å². The van der Waals surface area contributed by atoms with E-state index >= 15 is 0 Å². The van der Waals surface area contributed by atoms with Gasteiger partial charge in [0.2, 0.25) is 5.78 Å². The lowest BCUT2D eigenvalue weighted by atomic mass is 10.1. The summed E-state index contributed by atoms with van der Waals surface area (Å²) in [4.78, 5) is 12.5. The van der Waals surface area contributed by atoms with E-state index in [0.717, 1.165) is 5.69 Å². The molecule has 1 heterocycles. The van der Waals surface area contributed by atoms with Gasteiger partial charge in [0.15, 0.2) is 0 Å². The summed E-state index contributed by atoms with van der Waals surface area (Å²) >= 11 is 0. The topological polar surface area (TPSA) is 48.0 Å². The molecule has 0 aliphatic rings. The SMILES string of the molecule is Cn1c(Cc2ccc(N)cc2F)ccc1C(=O)c1ccccc1. The Hall–Kier alpha value is -2.88. The van der Waals surface area contributed by atoms with Gasteiger partial charge in [-0.3, -0.25) is 4.79 Å². The molecule has 23 heavy (non-hydrogen) atoms. The first kappa shape index (κ1) is 15.0. The second-order valence-electron chi connectivity index (χ2n) is 5.49. The van der Waals surface area contributed by atoms with E-state index in [4.69, 9.17) is 5.73 Å². The Kier molecular flexibility index (Phi) is 3.98. The third-order valence-corrected chi connectivity index (χ3v) is 3.94. The molecule has 0 aliphatic carbocycles. The molecule has 3 rings (SSSR count). The number of aromatic nitrogens is 1. The smallest absolute Gasteiger partial charge is 0.209 e. The number of anilines is 1. The Bertz CT molecular complexity index is 853. The third kappa shape index (κ3) is 3.01. The van der Waals surface area contributed by atoms with E-state index in [0.29, 0.717) is 28.9 Å². The van der Waals surface area contributed by atoms with Crippen LogP contribution >= 0.6 is 0 Å². The van der Waals surface area contributed by atoms with Crippen molar-refractivity contribution in [1.82, 2.24) is 4.57 Å². The summed E-state index contributed by atoms with van der Waals surface area (Å²) in [6.07, 6.45) is 0.407. The lowest BCUT2D eigenvalue weighted by Crippen LogP contribution is -2.09. The van der Waals surface area contributed by atoms with E-state index in [1.165, 1.54) is 6.07 Å². The summed E-state index contributed by atoms with van der Waals surface area (Å²) < 4.78 is 15.8. The molecule has 0 saturated heterocycles. The highest BCUT2D eigenvalue weighted by atomic mass is 19.1. The standard InChI is InChI=1S/C19H17FN2O/c1-22-16(11-14-7-8-15(21)12-17(14)20)9-10-18(22)19(23)13-5-3-2-4-6-13/h2-10,12H,11,21H2,1H3. The van der Waals surface area contributed by atoms with Gasteiger partial charge >= 0.3 is 0 Å². The Balaban J connectivity index is 1.89. The van der Waals surface area contributed by atoms with E-state index in [1.807, 2.05) is 35.9 Å². The van der Waals surface area contributed by atoms with Gasteiger partial charge in [-0.2, -0.15) is 0 Å². The minimum Gasteiger partial charge on any atom is -0.399 e. The third-order valence-electron chi connectivity index (χ3n) is 3.94. The molecular weight excluding hydrogens is 291 g/mol. The normalized spacial score (nSPS) is 10.7. The van der Waals surface area contributed by atoms with Crippen LogP contribution in [-0.2, 0) is 13.5 Å². The first-order valence-electron chi connectivity index (χ1n) is 7.34. The van der Waals surface area contributed by atoms with Crippen molar-refractivity contribution in [3.8, 4) is 0 Å². The van der Waals surface area contributed by atoms with Crippen LogP contribution in [0.3, 0.4) is 0 Å². The van der Waals surface area contributed by atoms with Crippen molar-refractivity contribution in [2.75, 3.05) is 5.73 Å². The number of nitrogens with zero attached hydrogens (tertiary/aromatic N) is 1. The molecule has 0 radical (unpaired) electrons. The zero-order valence-electron chi connectivity index (χ0n) is 12.8. The average Bonchev–Trinajstić information content (AvgIpc) is 2.91. The summed E-state index contributed by atoms with van der Waals surface area (Å²) in [5.74, 6) is -0.376. The molecule has 0 amide bonds.